The van der Waals surface area contributed by atoms with Crippen LogP contribution in [0.5, 0.6) is 0 Å². The number of amides is 2. The molecular weight excluding hydrogens is 426 g/mol. The summed E-state index contributed by atoms with van der Waals surface area (Å²) in [6.45, 7) is 2.73. The SMILES string of the molecule is CNC(=O)c1sc2ccccc2c1C[C@H]1CCCN1C(=O)c1ccc2nc(C)sc2c1. The highest BCUT2D eigenvalue weighted by molar-refractivity contribution is 7.21. The molecule has 0 radical (unpaired) electrons. The lowest BCUT2D eigenvalue weighted by Crippen LogP contribution is -2.37. The van der Waals surface area contributed by atoms with Crippen molar-refractivity contribution in [3.63, 3.8) is 0 Å². The molecule has 1 aliphatic heterocycles. The van der Waals surface area contributed by atoms with E-state index in [0.29, 0.717) is 12.0 Å². The average molecular weight is 450 g/mol. The fraction of sp³-hybridized carbons (Fsp3) is 0.292. The van der Waals surface area contributed by atoms with E-state index < -0.39 is 0 Å². The van der Waals surface area contributed by atoms with Gasteiger partial charge in [-0.05, 0) is 61.4 Å². The van der Waals surface area contributed by atoms with E-state index in [1.807, 2.05) is 42.2 Å². The number of nitrogens with zero attached hydrogens (tertiary/aromatic N) is 2. The minimum Gasteiger partial charge on any atom is -0.354 e. The van der Waals surface area contributed by atoms with E-state index in [0.717, 1.165) is 55.1 Å². The number of likely N-dealkylation sites (tertiary alicyclic amines) is 1. The summed E-state index contributed by atoms with van der Waals surface area (Å²) < 4.78 is 2.16. The minimum atomic E-state index is -0.0573. The summed E-state index contributed by atoms with van der Waals surface area (Å²) in [7, 11) is 1.67. The first kappa shape index (κ1) is 20.2. The van der Waals surface area contributed by atoms with E-state index in [9.17, 15) is 9.59 Å². The van der Waals surface area contributed by atoms with Gasteiger partial charge in [0, 0.05) is 29.9 Å². The van der Waals surface area contributed by atoms with Crippen molar-refractivity contribution in [2.24, 2.45) is 0 Å². The molecule has 1 N–H and O–H groups in total. The molecular formula is C24H23N3O2S2. The number of hydrogen-bond acceptors (Lipinski definition) is 5. The number of aromatic nitrogens is 1. The third-order valence-corrected chi connectivity index (χ3v) is 8.10. The number of carbonyl (C=O) groups is 2. The van der Waals surface area contributed by atoms with Crippen LogP contribution in [-0.4, -0.2) is 41.3 Å². The second-order valence-corrected chi connectivity index (χ2v) is 10.2. The molecule has 3 heterocycles. The smallest absolute Gasteiger partial charge is 0.261 e. The predicted molar refractivity (Wildman–Crippen MR) is 127 cm³/mol. The number of nitrogens with one attached hydrogen (secondary N) is 1. The largest absolute Gasteiger partial charge is 0.354 e. The van der Waals surface area contributed by atoms with Crippen LogP contribution in [0.1, 0.15) is 43.4 Å². The van der Waals surface area contributed by atoms with Gasteiger partial charge in [0.15, 0.2) is 0 Å². The number of thiophene rings is 1. The van der Waals surface area contributed by atoms with Crippen LogP contribution in [0.2, 0.25) is 0 Å². The quantitative estimate of drug-likeness (QED) is 0.475. The lowest BCUT2D eigenvalue weighted by Gasteiger charge is -2.25. The van der Waals surface area contributed by atoms with E-state index in [1.54, 1.807) is 18.4 Å². The molecule has 2 aromatic carbocycles. The van der Waals surface area contributed by atoms with Crippen molar-refractivity contribution in [2.45, 2.75) is 32.2 Å². The van der Waals surface area contributed by atoms with E-state index in [1.165, 1.54) is 11.3 Å². The maximum absolute atomic E-state index is 13.4. The Hall–Kier alpha value is -2.77. The Balaban J connectivity index is 1.47. The number of hydrogen-bond donors (Lipinski definition) is 1. The molecule has 7 heteroatoms. The van der Waals surface area contributed by atoms with Crippen LogP contribution in [0.15, 0.2) is 42.5 Å². The summed E-state index contributed by atoms with van der Waals surface area (Å²) in [5.74, 6) is 0.00886. The third kappa shape index (κ3) is 3.62. The normalized spacial score (nSPS) is 16.3. The molecule has 0 bridgehead atoms. The van der Waals surface area contributed by atoms with Gasteiger partial charge in [0.05, 0.1) is 20.1 Å². The fourth-order valence-corrected chi connectivity index (χ4v) is 6.53. The van der Waals surface area contributed by atoms with Crippen LogP contribution in [0.3, 0.4) is 0 Å². The van der Waals surface area contributed by atoms with Gasteiger partial charge in [0.25, 0.3) is 11.8 Å². The molecule has 1 atom stereocenters. The van der Waals surface area contributed by atoms with Crippen LogP contribution in [0, 0.1) is 6.92 Å². The van der Waals surface area contributed by atoms with Crippen LogP contribution in [0.25, 0.3) is 20.3 Å². The number of benzene rings is 2. The van der Waals surface area contributed by atoms with Gasteiger partial charge in [-0.25, -0.2) is 4.98 Å². The maximum atomic E-state index is 13.4. The lowest BCUT2D eigenvalue weighted by molar-refractivity contribution is 0.0737. The Morgan fingerprint density at radius 3 is 2.84 bits per heavy atom. The second-order valence-electron chi connectivity index (χ2n) is 7.90. The third-order valence-electron chi connectivity index (χ3n) is 5.95. The van der Waals surface area contributed by atoms with Gasteiger partial charge in [0.2, 0.25) is 0 Å². The van der Waals surface area contributed by atoms with Gasteiger partial charge in [0.1, 0.15) is 0 Å². The molecule has 158 valence electrons. The molecule has 0 unspecified atom stereocenters. The highest BCUT2D eigenvalue weighted by Gasteiger charge is 2.32. The molecule has 2 aromatic heterocycles. The summed E-state index contributed by atoms with van der Waals surface area (Å²) in [5, 5.41) is 4.89. The molecule has 1 fully saturated rings. The number of thiazole rings is 1. The zero-order chi connectivity index (χ0) is 21.5. The van der Waals surface area contributed by atoms with Crippen LogP contribution in [0.4, 0.5) is 0 Å². The lowest BCUT2D eigenvalue weighted by atomic mass is 10.00. The molecule has 0 saturated carbocycles. The summed E-state index contributed by atoms with van der Waals surface area (Å²) in [5.41, 5.74) is 2.71. The maximum Gasteiger partial charge on any atom is 0.261 e. The van der Waals surface area contributed by atoms with Gasteiger partial charge >= 0.3 is 0 Å². The Kier molecular flexibility index (Phi) is 5.24. The summed E-state index contributed by atoms with van der Waals surface area (Å²) in [6, 6.07) is 14.0. The molecule has 0 spiro atoms. The molecule has 31 heavy (non-hydrogen) atoms. The second kappa shape index (κ2) is 8.05. The van der Waals surface area contributed by atoms with Crippen molar-refractivity contribution in [2.75, 3.05) is 13.6 Å². The zero-order valence-corrected chi connectivity index (χ0v) is 19.1. The molecule has 1 aliphatic rings. The van der Waals surface area contributed by atoms with Crippen molar-refractivity contribution >= 4 is 54.8 Å². The highest BCUT2D eigenvalue weighted by atomic mass is 32.1. The van der Waals surface area contributed by atoms with Crippen molar-refractivity contribution in [1.29, 1.82) is 0 Å². The Morgan fingerprint density at radius 1 is 1.16 bits per heavy atom. The van der Waals surface area contributed by atoms with Crippen LogP contribution >= 0.6 is 22.7 Å². The number of fused-ring (bicyclic) bond motifs is 2. The monoisotopic (exact) mass is 449 g/mol. The molecule has 0 aliphatic carbocycles. The van der Waals surface area contributed by atoms with E-state index in [4.69, 9.17) is 0 Å². The van der Waals surface area contributed by atoms with Gasteiger partial charge in [-0.15, -0.1) is 22.7 Å². The molecule has 2 amide bonds. The van der Waals surface area contributed by atoms with E-state index in [-0.39, 0.29) is 17.9 Å². The number of aryl methyl sites for hydroxylation is 1. The summed E-state index contributed by atoms with van der Waals surface area (Å²) >= 11 is 3.14. The fourth-order valence-electron chi connectivity index (χ4n) is 4.49. The van der Waals surface area contributed by atoms with Gasteiger partial charge < -0.3 is 10.2 Å². The molecule has 1 saturated heterocycles. The summed E-state index contributed by atoms with van der Waals surface area (Å²) in [6.07, 6.45) is 2.63. The van der Waals surface area contributed by atoms with Crippen molar-refractivity contribution in [1.82, 2.24) is 15.2 Å². The van der Waals surface area contributed by atoms with Crippen molar-refractivity contribution in [3.8, 4) is 0 Å². The Labute approximate surface area is 188 Å². The number of rotatable bonds is 4. The Bertz CT molecular complexity index is 1310. The minimum absolute atomic E-state index is 0.0573. The van der Waals surface area contributed by atoms with Gasteiger partial charge in [-0.1, -0.05) is 18.2 Å². The first-order valence-corrected chi connectivity index (χ1v) is 12.1. The summed E-state index contributed by atoms with van der Waals surface area (Å²) in [4.78, 5) is 33.2. The van der Waals surface area contributed by atoms with Gasteiger partial charge in [-0.2, -0.15) is 0 Å². The first-order chi connectivity index (χ1) is 15.0. The molecule has 5 nitrogen and oxygen atoms in total. The molecule has 5 rings (SSSR count). The number of carbonyl (C=O) groups excluding carboxylic acids is 2. The topological polar surface area (TPSA) is 62.3 Å². The van der Waals surface area contributed by atoms with Crippen molar-refractivity contribution < 1.29 is 9.59 Å². The Morgan fingerprint density at radius 2 is 2.00 bits per heavy atom. The first-order valence-electron chi connectivity index (χ1n) is 10.5. The highest BCUT2D eigenvalue weighted by Crippen LogP contribution is 2.35. The van der Waals surface area contributed by atoms with Crippen molar-refractivity contribution in [3.05, 3.63) is 63.5 Å². The van der Waals surface area contributed by atoms with Crippen LogP contribution in [-0.2, 0) is 6.42 Å². The van der Waals surface area contributed by atoms with E-state index in [2.05, 4.69) is 22.4 Å². The molecule has 4 aromatic rings. The van der Waals surface area contributed by atoms with Gasteiger partial charge in [-0.3, -0.25) is 9.59 Å². The van der Waals surface area contributed by atoms with E-state index >= 15 is 0 Å². The predicted octanol–water partition coefficient (Wildman–Crippen LogP) is 5.03. The average Bonchev–Trinajstić information content (AvgIpc) is 3.49. The van der Waals surface area contributed by atoms with Crippen LogP contribution < -0.4 is 5.32 Å². The zero-order valence-electron chi connectivity index (χ0n) is 17.5. The standard InChI is InChI=1S/C24H23N3O2S2/c1-14-26-19-10-9-15(12-21(19)30-14)24(29)27-11-5-6-16(27)13-18-17-7-3-4-8-20(17)31-22(18)23(28)25-2/h3-4,7-10,12,16H,5-6,11,13H2,1-2H3,(H,25,28)/t16-/m1/s1.